The average molecular weight is 215 g/mol. The summed E-state index contributed by atoms with van der Waals surface area (Å²) in [6.07, 6.45) is 6.30. The molecule has 0 amide bonds. The van der Waals surface area contributed by atoms with Crippen LogP contribution < -0.4 is 0 Å². The van der Waals surface area contributed by atoms with Crippen molar-refractivity contribution < 1.29 is 4.84 Å². The van der Waals surface area contributed by atoms with Crippen LogP contribution in [-0.2, 0) is 4.84 Å². The molecular weight excluding hydrogens is 198 g/mol. The molecule has 1 aromatic carbocycles. The first-order chi connectivity index (χ1) is 7.81. The quantitative estimate of drug-likeness (QED) is 0.767. The van der Waals surface area contributed by atoms with Crippen molar-refractivity contribution in [3.8, 4) is 0 Å². The molecule has 0 fully saturated rings. The van der Waals surface area contributed by atoms with Crippen molar-refractivity contribution in [1.29, 1.82) is 0 Å². The average Bonchev–Trinajstić information content (AvgIpc) is 2.33. The zero-order chi connectivity index (χ0) is 11.4. The molecule has 1 aliphatic rings. The first-order valence-electron chi connectivity index (χ1n) is 5.68. The molecule has 0 saturated carbocycles. The molecule has 0 aliphatic carbocycles. The van der Waals surface area contributed by atoms with Gasteiger partial charge < -0.3 is 0 Å². The lowest BCUT2D eigenvalue weighted by Gasteiger charge is -2.27. The third-order valence-corrected chi connectivity index (χ3v) is 2.61. The van der Waals surface area contributed by atoms with E-state index in [-0.39, 0.29) is 6.04 Å². The fourth-order valence-electron chi connectivity index (χ4n) is 1.81. The molecule has 2 rings (SSSR count). The van der Waals surface area contributed by atoms with Gasteiger partial charge in [0.2, 0.25) is 0 Å². The second-order valence-corrected chi connectivity index (χ2v) is 3.82. The Hall–Kier alpha value is -1.54. The zero-order valence-electron chi connectivity index (χ0n) is 9.76. The van der Waals surface area contributed by atoms with Crippen LogP contribution in [0.2, 0.25) is 0 Å². The molecule has 2 nitrogen and oxygen atoms in total. The number of hydroxylamine groups is 2. The van der Waals surface area contributed by atoms with Crippen molar-refractivity contribution in [3.63, 3.8) is 0 Å². The molecule has 1 unspecified atom stereocenters. The van der Waals surface area contributed by atoms with Gasteiger partial charge in [-0.1, -0.05) is 36.4 Å². The van der Waals surface area contributed by atoms with E-state index in [0.29, 0.717) is 6.61 Å². The highest BCUT2D eigenvalue weighted by atomic mass is 16.7. The number of allylic oxidation sites excluding steroid dienone is 2. The van der Waals surface area contributed by atoms with Crippen LogP contribution in [0.3, 0.4) is 0 Å². The molecule has 1 atom stereocenters. The van der Waals surface area contributed by atoms with Crippen LogP contribution in [0.5, 0.6) is 0 Å². The normalized spacial score (nSPS) is 19.8. The summed E-state index contributed by atoms with van der Waals surface area (Å²) in [6.45, 7) is 4.82. The van der Waals surface area contributed by atoms with E-state index in [1.807, 2.05) is 24.3 Å². The SMILES string of the molecule is CCON1C=CC(c2ccccc2)=CC1C. The number of hydrogen-bond acceptors (Lipinski definition) is 2. The molecule has 0 radical (unpaired) electrons. The Labute approximate surface area is 96.8 Å². The van der Waals surface area contributed by atoms with Crippen LogP contribution in [0.25, 0.3) is 5.57 Å². The minimum absolute atomic E-state index is 0.278. The predicted octanol–water partition coefficient (Wildman–Crippen LogP) is 3.24. The van der Waals surface area contributed by atoms with Gasteiger partial charge in [-0.2, -0.15) is 0 Å². The first kappa shape index (κ1) is 11.0. The second-order valence-electron chi connectivity index (χ2n) is 3.82. The van der Waals surface area contributed by atoms with Crippen molar-refractivity contribution in [3.05, 3.63) is 54.2 Å². The molecule has 0 N–H and O–H groups in total. The minimum atomic E-state index is 0.278. The number of nitrogens with zero attached hydrogens (tertiary/aromatic N) is 1. The third kappa shape index (κ3) is 2.34. The Morgan fingerprint density at radius 3 is 2.62 bits per heavy atom. The van der Waals surface area contributed by atoms with E-state index in [2.05, 4.69) is 43.3 Å². The monoisotopic (exact) mass is 215 g/mol. The van der Waals surface area contributed by atoms with Crippen LogP contribution in [0.4, 0.5) is 0 Å². The maximum atomic E-state index is 5.48. The van der Waals surface area contributed by atoms with E-state index < -0.39 is 0 Å². The fourth-order valence-corrected chi connectivity index (χ4v) is 1.81. The summed E-state index contributed by atoms with van der Waals surface area (Å²) in [4.78, 5) is 5.48. The Kier molecular flexibility index (Phi) is 3.42. The van der Waals surface area contributed by atoms with Gasteiger partial charge in [0.1, 0.15) is 0 Å². The predicted molar refractivity (Wildman–Crippen MR) is 66.5 cm³/mol. The van der Waals surface area contributed by atoms with E-state index in [1.54, 1.807) is 0 Å². The smallest absolute Gasteiger partial charge is 0.0720 e. The molecule has 1 heterocycles. The molecule has 1 aromatic rings. The van der Waals surface area contributed by atoms with Crippen molar-refractivity contribution in [2.75, 3.05) is 6.61 Å². The van der Waals surface area contributed by atoms with Gasteiger partial charge in [-0.25, -0.2) is 0 Å². The molecule has 1 aliphatic heterocycles. The van der Waals surface area contributed by atoms with Gasteiger partial charge in [0.05, 0.1) is 12.6 Å². The largest absolute Gasteiger partial charge is 0.274 e. The molecule has 16 heavy (non-hydrogen) atoms. The Morgan fingerprint density at radius 1 is 1.25 bits per heavy atom. The van der Waals surface area contributed by atoms with E-state index in [1.165, 1.54) is 11.1 Å². The van der Waals surface area contributed by atoms with Crippen molar-refractivity contribution in [2.45, 2.75) is 19.9 Å². The van der Waals surface area contributed by atoms with Crippen LogP contribution in [-0.4, -0.2) is 17.7 Å². The van der Waals surface area contributed by atoms with E-state index in [4.69, 9.17) is 4.84 Å². The van der Waals surface area contributed by atoms with Gasteiger partial charge in [-0.05, 0) is 31.1 Å². The summed E-state index contributed by atoms with van der Waals surface area (Å²) in [6, 6.07) is 10.7. The van der Waals surface area contributed by atoms with Gasteiger partial charge >= 0.3 is 0 Å². The Bertz CT molecular complexity index is 394. The topological polar surface area (TPSA) is 12.5 Å². The summed E-state index contributed by atoms with van der Waals surface area (Å²) < 4.78 is 0. The van der Waals surface area contributed by atoms with Gasteiger partial charge in [-0.15, -0.1) is 0 Å². The fraction of sp³-hybridized carbons (Fsp3) is 0.286. The lowest BCUT2D eigenvalue weighted by Crippen LogP contribution is -2.28. The molecule has 0 saturated heterocycles. The highest BCUT2D eigenvalue weighted by Gasteiger charge is 2.13. The highest BCUT2D eigenvalue weighted by molar-refractivity contribution is 5.75. The van der Waals surface area contributed by atoms with Crippen LogP contribution in [0.1, 0.15) is 19.4 Å². The van der Waals surface area contributed by atoms with E-state index in [9.17, 15) is 0 Å². The summed E-state index contributed by atoms with van der Waals surface area (Å²) in [5, 5.41) is 1.88. The maximum Gasteiger partial charge on any atom is 0.0720 e. The molecule has 0 aromatic heterocycles. The second kappa shape index (κ2) is 4.99. The summed E-state index contributed by atoms with van der Waals surface area (Å²) >= 11 is 0. The molecule has 0 bridgehead atoms. The van der Waals surface area contributed by atoms with Crippen molar-refractivity contribution >= 4 is 5.57 Å². The zero-order valence-corrected chi connectivity index (χ0v) is 9.76. The molecular formula is C14H17NO. The maximum absolute atomic E-state index is 5.48. The third-order valence-electron chi connectivity index (χ3n) is 2.61. The van der Waals surface area contributed by atoms with E-state index >= 15 is 0 Å². The van der Waals surface area contributed by atoms with Gasteiger partial charge in [0, 0.05) is 6.20 Å². The standard InChI is InChI=1S/C14H17NO/c1-3-16-15-10-9-14(11-12(15)2)13-7-5-4-6-8-13/h4-12H,3H2,1-2H3. The van der Waals surface area contributed by atoms with Crippen LogP contribution in [0, 0.1) is 0 Å². The lowest BCUT2D eigenvalue weighted by molar-refractivity contribution is -0.130. The summed E-state index contributed by atoms with van der Waals surface area (Å²) in [7, 11) is 0. The van der Waals surface area contributed by atoms with Gasteiger partial charge in [0.15, 0.2) is 0 Å². The van der Waals surface area contributed by atoms with Gasteiger partial charge in [-0.3, -0.25) is 9.90 Å². The minimum Gasteiger partial charge on any atom is -0.274 e. The Morgan fingerprint density at radius 2 is 2.00 bits per heavy atom. The number of rotatable bonds is 3. The Balaban J connectivity index is 2.16. The lowest BCUT2D eigenvalue weighted by atomic mass is 10.0. The molecule has 0 spiro atoms. The van der Waals surface area contributed by atoms with Gasteiger partial charge in [0.25, 0.3) is 0 Å². The first-order valence-corrected chi connectivity index (χ1v) is 5.68. The summed E-state index contributed by atoms with van der Waals surface area (Å²) in [5.41, 5.74) is 2.51. The molecule has 2 heteroatoms. The molecule has 84 valence electrons. The number of hydrogen-bond donors (Lipinski definition) is 0. The number of benzene rings is 1. The summed E-state index contributed by atoms with van der Waals surface area (Å²) in [5.74, 6) is 0. The van der Waals surface area contributed by atoms with Crippen molar-refractivity contribution in [2.24, 2.45) is 0 Å². The van der Waals surface area contributed by atoms with Crippen LogP contribution >= 0.6 is 0 Å². The van der Waals surface area contributed by atoms with Crippen molar-refractivity contribution in [1.82, 2.24) is 5.06 Å². The van der Waals surface area contributed by atoms with E-state index in [0.717, 1.165) is 0 Å². The highest BCUT2D eigenvalue weighted by Crippen LogP contribution is 2.22. The van der Waals surface area contributed by atoms with Crippen LogP contribution in [0.15, 0.2) is 48.7 Å².